The van der Waals surface area contributed by atoms with Gasteiger partial charge in [-0.1, -0.05) is 98.8 Å². The molecule has 6 aliphatic carbocycles. The van der Waals surface area contributed by atoms with Gasteiger partial charge in [0.1, 0.15) is 0 Å². The summed E-state index contributed by atoms with van der Waals surface area (Å²) in [7, 11) is 0. The molecule has 260 valence electrons. The van der Waals surface area contributed by atoms with Gasteiger partial charge in [0, 0.05) is 16.4 Å². The molecule has 7 aromatic rings. The van der Waals surface area contributed by atoms with Crippen LogP contribution in [0.1, 0.15) is 111 Å². The van der Waals surface area contributed by atoms with Gasteiger partial charge in [0.25, 0.3) is 0 Å². The molecule has 53 heavy (non-hydrogen) atoms. The van der Waals surface area contributed by atoms with E-state index < -0.39 is 0 Å². The number of benzene rings is 5. The van der Waals surface area contributed by atoms with Crippen molar-refractivity contribution < 1.29 is 0 Å². The summed E-state index contributed by atoms with van der Waals surface area (Å²) in [6.45, 7) is 4.83. The number of fused-ring (bicyclic) bond motifs is 7. The van der Waals surface area contributed by atoms with Gasteiger partial charge < -0.3 is 0 Å². The smallest absolute Gasteiger partial charge is 0.0897 e. The fraction of sp³-hybridized carbons (Fsp3) is 0.306. The summed E-state index contributed by atoms with van der Waals surface area (Å²) in [5.41, 5.74) is 18.3. The zero-order valence-electron chi connectivity index (χ0n) is 30.6. The lowest BCUT2D eigenvalue weighted by Gasteiger charge is -2.50. The highest BCUT2D eigenvalue weighted by Gasteiger charge is 2.50. The molecule has 4 heteroatoms. The van der Waals surface area contributed by atoms with Crippen LogP contribution < -0.4 is 0 Å². The van der Waals surface area contributed by atoms with Crippen molar-refractivity contribution in [2.75, 3.05) is 0 Å². The highest BCUT2D eigenvalue weighted by molar-refractivity contribution is 5.93. The summed E-state index contributed by atoms with van der Waals surface area (Å²) in [5.74, 6) is 1.58. The molecule has 4 nitrogen and oxygen atoms in total. The van der Waals surface area contributed by atoms with Crippen LogP contribution in [0.3, 0.4) is 0 Å². The standard InChI is InChI=1S/C49H44N4/c1-48-21-23-49(2,24-22-48)47-46(48)52-43-25-37(30-9-5-3-6-10-30)38(26-44(43)53-47)32-15-13-31(14-16-32)35-19-17-33-18-20-36(35)40-28-41-42(27-39(33)40)51-45(29-50-41)34-11-7-4-8-12-34/h3-16,25-29,33,35-36H,17-24H2,1-2H3. The van der Waals surface area contributed by atoms with E-state index in [1.165, 1.54) is 102 Å². The number of rotatable bonds is 4. The fourth-order valence-electron chi connectivity index (χ4n) is 10.7. The van der Waals surface area contributed by atoms with Crippen molar-refractivity contribution in [3.05, 3.63) is 143 Å². The predicted molar refractivity (Wildman–Crippen MR) is 215 cm³/mol. The first-order valence-electron chi connectivity index (χ1n) is 19.8. The van der Waals surface area contributed by atoms with Crippen LogP contribution in [-0.4, -0.2) is 19.9 Å². The van der Waals surface area contributed by atoms with Crippen LogP contribution >= 0.6 is 0 Å². The minimum absolute atomic E-state index is 0.134. The van der Waals surface area contributed by atoms with E-state index in [4.69, 9.17) is 19.9 Å². The normalized spacial score (nSPS) is 25.7. The molecule has 0 N–H and O–H groups in total. The molecule has 0 spiro atoms. The Morgan fingerprint density at radius 1 is 0.491 bits per heavy atom. The van der Waals surface area contributed by atoms with Crippen molar-refractivity contribution in [2.24, 2.45) is 0 Å². The van der Waals surface area contributed by atoms with Crippen LogP contribution in [0.15, 0.2) is 115 Å². The first-order chi connectivity index (χ1) is 25.9. The second-order valence-electron chi connectivity index (χ2n) is 17.1. The third-order valence-electron chi connectivity index (χ3n) is 13.9. The Morgan fingerprint density at radius 2 is 1.02 bits per heavy atom. The summed E-state index contributed by atoms with van der Waals surface area (Å²) in [6.07, 6.45) is 11.7. The molecule has 5 aromatic carbocycles. The maximum Gasteiger partial charge on any atom is 0.0897 e. The van der Waals surface area contributed by atoms with Crippen LogP contribution in [0.2, 0.25) is 0 Å². The predicted octanol–water partition coefficient (Wildman–Crippen LogP) is 12.2. The van der Waals surface area contributed by atoms with Crippen LogP contribution in [0.5, 0.6) is 0 Å². The quantitative estimate of drug-likeness (QED) is 0.185. The van der Waals surface area contributed by atoms with E-state index in [0.29, 0.717) is 17.8 Å². The molecular weight excluding hydrogens is 645 g/mol. The monoisotopic (exact) mass is 688 g/mol. The van der Waals surface area contributed by atoms with Crippen molar-refractivity contribution in [1.29, 1.82) is 0 Å². The van der Waals surface area contributed by atoms with Gasteiger partial charge in [0.15, 0.2) is 0 Å². The van der Waals surface area contributed by atoms with E-state index >= 15 is 0 Å². The Bertz CT molecular complexity index is 2550. The minimum atomic E-state index is 0.134. The van der Waals surface area contributed by atoms with Crippen LogP contribution in [0.25, 0.3) is 55.6 Å². The highest BCUT2D eigenvalue weighted by Crippen LogP contribution is 2.56. The number of hydrogen-bond acceptors (Lipinski definition) is 4. The van der Waals surface area contributed by atoms with Crippen molar-refractivity contribution in [2.45, 2.75) is 93.8 Å². The van der Waals surface area contributed by atoms with Gasteiger partial charge in [-0.25, -0.2) is 15.0 Å². The van der Waals surface area contributed by atoms with E-state index in [9.17, 15) is 0 Å². The van der Waals surface area contributed by atoms with Gasteiger partial charge in [0.05, 0.1) is 45.3 Å². The second-order valence-corrected chi connectivity index (χ2v) is 17.1. The zero-order valence-corrected chi connectivity index (χ0v) is 30.6. The summed E-state index contributed by atoms with van der Waals surface area (Å²) in [5, 5.41) is 0. The molecule has 2 saturated carbocycles. The SMILES string of the molecule is CC12CCC(C)(CC1)c1nc3cc(-c4ccc(C5CCC6CCC5c5cc7ncc(-c8ccccc8)nc7cc56)cc4)c(-c4ccccc4)cc3nc12. The van der Waals surface area contributed by atoms with E-state index in [0.717, 1.165) is 33.3 Å². The van der Waals surface area contributed by atoms with E-state index in [2.05, 4.69) is 117 Å². The lowest BCUT2D eigenvalue weighted by atomic mass is 9.55. The Labute approximate surface area is 311 Å². The van der Waals surface area contributed by atoms with Gasteiger partial charge in [-0.05, 0) is 132 Å². The van der Waals surface area contributed by atoms with Gasteiger partial charge >= 0.3 is 0 Å². The van der Waals surface area contributed by atoms with Crippen LogP contribution in [0.4, 0.5) is 0 Å². The first kappa shape index (κ1) is 31.3. The third kappa shape index (κ3) is 4.94. The Kier molecular flexibility index (Phi) is 6.88. The first-order valence-corrected chi connectivity index (χ1v) is 19.8. The lowest BCUT2D eigenvalue weighted by molar-refractivity contribution is 0.177. The summed E-state index contributed by atoms with van der Waals surface area (Å²) < 4.78 is 0. The molecule has 3 unspecified atom stereocenters. The fourth-order valence-corrected chi connectivity index (χ4v) is 10.7. The van der Waals surface area contributed by atoms with Crippen molar-refractivity contribution in [3.63, 3.8) is 0 Å². The summed E-state index contributed by atoms with van der Waals surface area (Å²) >= 11 is 0. The van der Waals surface area contributed by atoms with Gasteiger partial charge in [0.2, 0.25) is 0 Å². The summed E-state index contributed by atoms with van der Waals surface area (Å²) in [4.78, 5) is 20.9. The molecule has 0 aliphatic heterocycles. The van der Waals surface area contributed by atoms with Crippen molar-refractivity contribution in [1.82, 2.24) is 19.9 Å². The van der Waals surface area contributed by atoms with Crippen molar-refractivity contribution >= 4 is 22.1 Å². The molecule has 3 atom stereocenters. The Hall–Kier alpha value is -5.22. The average Bonchev–Trinajstić information content (AvgIpc) is 3.52. The van der Waals surface area contributed by atoms with E-state index in [1.54, 1.807) is 0 Å². The maximum atomic E-state index is 5.45. The molecule has 2 aromatic heterocycles. The van der Waals surface area contributed by atoms with Crippen LogP contribution in [-0.2, 0) is 10.8 Å². The Balaban J connectivity index is 0.973. The number of nitrogens with zero attached hydrogens (tertiary/aromatic N) is 4. The van der Waals surface area contributed by atoms with Gasteiger partial charge in [-0.2, -0.15) is 0 Å². The number of aromatic nitrogens is 4. The topological polar surface area (TPSA) is 51.6 Å². The van der Waals surface area contributed by atoms with E-state index in [-0.39, 0.29) is 10.8 Å². The number of hydrogen-bond donors (Lipinski definition) is 0. The molecule has 0 amide bonds. The lowest BCUT2D eigenvalue weighted by Crippen LogP contribution is -2.45. The van der Waals surface area contributed by atoms with Gasteiger partial charge in [-0.3, -0.25) is 4.98 Å². The average molecular weight is 689 g/mol. The molecule has 4 bridgehead atoms. The second kappa shape index (κ2) is 11.6. The maximum absolute atomic E-state index is 5.45. The molecular formula is C49H44N4. The van der Waals surface area contributed by atoms with E-state index in [1.807, 2.05) is 12.3 Å². The highest BCUT2D eigenvalue weighted by atomic mass is 14.9. The third-order valence-corrected chi connectivity index (χ3v) is 13.9. The van der Waals surface area contributed by atoms with Crippen LogP contribution in [0, 0.1) is 0 Å². The Morgan fingerprint density at radius 3 is 1.64 bits per heavy atom. The molecule has 2 fully saturated rings. The molecule has 2 heterocycles. The minimum Gasteiger partial charge on any atom is -0.252 e. The molecule has 0 saturated heterocycles. The van der Waals surface area contributed by atoms with Gasteiger partial charge in [-0.15, -0.1) is 0 Å². The molecule has 13 rings (SSSR count). The summed E-state index contributed by atoms with van der Waals surface area (Å²) in [6, 6.07) is 40.2. The largest absolute Gasteiger partial charge is 0.252 e. The van der Waals surface area contributed by atoms with Crippen molar-refractivity contribution in [3.8, 4) is 33.5 Å². The molecule has 0 radical (unpaired) electrons. The zero-order chi connectivity index (χ0) is 35.3. The molecule has 6 aliphatic rings.